The Balaban J connectivity index is 1.98. The molecule has 2 rings (SSSR count). The highest BCUT2D eigenvalue weighted by molar-refractivity contribution is 5.91. The molecule has 7 heteroatoms. The summed E-state index contributed by atoms with van der Waals surface area (Å²) in [7, 11) is 0. The van der Waals surface area contributed by atoms with Gasteiger partial charge in [0.1, 0.15) is 0 Å². The average Bonchev–Trinajstić information content (AvgIpc) is 2.48. The standard InChI is InChI=1S/C16H21N3O4/c1-10-7-12(15(21)22)9-19(8-10)16(23)18-14-5-3-13(4-6-14)17-11(2)20/h3-6,10,12H,7-9H2,1-2H3,(H,17,20)(H,18,23)(H,21,22). The van der Waals surface area contributed by atoms with Crippen molar-refractivity contribution >= 4 is 29.3 Å². The van der Waals surface area contributed by atoms with Gasteiger partial charge in [-0.25, -0.2) is 4.79 Å². The van der Waals surface area contributed by atoms with Crippen LogP contribution in [0.1, 0.15) is 20.3 Å². The van der Waals surface area contributed by atoms with Gasteiger partial charge in [0.15, 0.2) is 0 Å². The molecule has 0 radical (unpaired) electrons. The molecule has 1 aliphatic rings. The number of carboxylic acid groups (broad SMARTS) is 1. The second-order valence-corrected chi connectivity index (χ2v) is 5.97. The summed E-state index contributed by atoms with van der Waals surface area (Å²) < 4.78 is 0. The minimum atomic E-state index is -0.867. The molecular weight excluding hydrogens is 298 g/mol. The van der Waals surface area contributed by atoms with Gasteiger partial charge in [-0.1, -0.05) is 6.92 Å². The van der Waals surface area contributed by atoms with E-state index in [1.165, 1.54) is 11.8 Å². The number of amides is 3. The maximum atomic E-state index is 12.3. The summed E-state index contributed by atoms with van der Waals surface area (Å²) in [5.41, 5.74) is 1.24. The third kappa shape index (κ3) is 4.70. The van der Waals surface area contributed by atoms with Crippen LogP contribution in [0.5, 0.6) is 0 Å². The first-order valence-electron chi connectivity index (χ1n) is 7.51. The monoisotopic (exact) mass is 319 g/mol. The Morgan fingerprint density at radius 3 is 2.17 bits per heavy atom. The van der Waals surface area contributed by atoms with E-state index in [4.69, 9.17) is 5.11 Å². The summed E-state index contributed by atoms with van der Waals surface area (Å²) in [4.78, 5) is 36.0. The maximum absolute atomic E-state index is 12.3. The highest BCUT2D eigenvalue weighted by Crippen LogP contribution is 2.23. The Bertz CT molecular complexity index is 600. The van der Waals surface area contributed by atoms with Crippen molar-refractivity contribution in [3.63, 3.8) is 0 Å². The third-order valence-corrected chi connectivity index (χ3v) is 3.75. The lowest BCUT2D eigenvalue weighted by molar-refractivity contribution is -0.143. The molecule has 0 aliphatic carbocycles. The van der Waals surface area contributed by atoms with E-state index in [0.29, 0.717) is 24.3 Å². The Labute approximate surface area is 134 Å². The number of carbonyl (C=O) groups is 3. The topological polar surface area (TPSA) is 98.7 Å². The van der Waals surface area contributed by atoms with Crippen molar-refractivity contribution in [1.82, 2.24) is 4.90 Å². The van der Waals surface area contributed by atoms with E-state index >= 15 is 0 Å². The number of nitrogens with zero attached hydrogens (tertiary/aromatic N) is 1. The molecule has 2 unspecified atom stereocenters. The first-order valence-corrected chi connectivity index (χ1v) is 7.51. The zero-order valence-electron chi connectivity index (χ0n) is 13.2. The van der Waals surface area contributed by atoms with E-state index in [1.807, 2.05) is 6.92 Å². The minimum absolute atomic E-state index is 0.151. The van der Waals surface area contributed by atoms with Gasteiger partial charge >= 0.3 is 12.0 Å². The average molecular weight is 319 g/mol. The molecule has 3 amide bonds. The van der Waals surface area contributed by atoms with Crippen LogP contribution in [0.15, 0.2) is 24.3 Å². The summed E-state index contributed by atoms with van der Waals surface area (Å²) in [6.45, 7) is 4.12. The Morgan fingerprint density at radius 1 is 1.09 bits per heavy atom. The van der Waals surface area contributed by atoms with Crippen LogP contribution in [0.3, 0.4) is 0 Å². The Morgan fingerprint density at radius 2 is 1.65 bits per heavy atom. The molecule has 0 bridgehead atoms. The van der Waals surface area contributed by atoms with Crippen LogP contribution in [-0.2, 0) is 9.59 Å². The van der Waals surface area contributed by atoms with E-state index < -0.39 is 11.9 Å². The predicted octanol–water partition coefficient (Wildman–Crippen LogP) is 2.22. The first kappa shape index (κ1) is 16.8. The Hall–Kier alpha value is -2.57. The molecule has 1 heterocycles. The summed E-state index contributed by atoms with van der Waals surface area (Å²) >= 11 is 0. The lowest BCUT2D eigenvalue weighted by atomic mass is 9.91. The van der Waals surface area contributed by atoms with Crippen molar-refractivity contribution in [2.45, 2.75) is 20.3 Å². The number of likely N-dealkylation sites (tertiary alicyclic amines) is 1. The smallest absolute Gasteiger partial charge is 0.321 e. The predicted molar refractivity (Wildman–Crippen MR) is 86.2 cm³/mol. The number of hydrogen-bond acceptors (Lipinski definition) is 3. The number of hydrogen-bond donors (Lipinski definition) is 3. The number of carboxylic acids is 1. The number of aliphatic carboxylic acids is 1. The second kappa shape index (κ2) is 7.13. The normalized spacial score (nSPS) is 20.7. The van der Waals surface area contributed by atoms with Crippen molar-refractivity contribution in [3.8, 4) is 0 Å². The summed E-state index contributed by atoms with van der Waals surface area (Å²) in [5, 5.41) is 14.6. The van der Waals surface area contributed by atoms with Crippen molar-refractivity contribution < 1.29 is 19.5 Å². The molecular formula is C16H21N3O4. The summed E-state index contributed by atoms with van der Waals surface area (Å²) in [6, 6.07) is 6.44. The molecule has 0 saturated carbocycles. The molecule has 124 valence electrons. The van der Waals surface area contributed by atoms with Gasteiger partial charge in [0, 0.05) is 31.4 Å². The zero-order valence-corrected chi connectivity index (χ0v) is 13.2. The van der Waals surface area contributed by atoms with E-state index in [2.05, 4.69) is 10.6 Å². The van der Waals surface area contributed by atoms with Crippen LogP contribution in [0.2, 0.25) is 0 Å². The molecule has 1 saturated heterocycles. The number of urea groups is 1. The molecule has 3 N–H and O–H groups in total. The van der Waals surface area contributed by atoms with Crippen LogP contribution in [-0.4, -0.2) is 41.0 Å². The molecule has 23 heavy (non-hydrogen) atoms. The molecule has 1 fully saturated rings. The van der Waals surface area contributed by atoms with Gasteiger partial charge in [-0.15, -0.1) is 0 Å². The lowest BCUT2D eigenvalue weighted by Crippen LogP contribution is -2.47. The van der Waals surface area contributed by atoms with Gasteiger partial charge in [-0.05, 0) is 36.6 Å². The number of piperidine rings is 1. The van der Waals surface area contributed by atoms with E-state index in [9.17, 15) is 14.4 Å². The lowest BCUT2D eigenvalue weighted by Gasteiger charge is -2.34. The van der Waals surface area contributed by atoms with Crippen LogP contribution >= 0.6 is 0 Å². The molecule has 0 aromatic heterocycles. The van der Waals surface area contributed by atoms with Crippen molar-refractivity contribution in [2.75, 3.05) is 23.7 Å². The van der Waals surface area contributed by atoms with Gasteiger partial charge in [-0.2, -0.15) is 0 Å². The van der Waals surface area contributed by atoms with Crippen LogP contribution in [0.25, 0.3) is 0 Å². The number of anilines is 2. The zero-order chi connectivity index (χ0) is 17.0. The van der Waals surface area contributed by atoms with E-state index in [-0.39, 0.29) is 24.4 Å². The van der Waals surface area contributed by atoms with Gasteiger partial charge < -0.3 is 20.6 Å². The van der Waals surface area contributed by atoms with Gasteiger partial charge in [0.2, 0.25) is 5.91 Å². The third-order valence-electron chi connectivity index (χ3n) is 3.75. The molecule has 0 spiro atoms. The van der Waals surface area contributed by atoms with Gasteiger partial charge in [0.05, 0.1) is 5.92 Å². The van der Waals surface area contributed by atoms with Crippen molar-refractivity contribution in [3.05, 3.63) is 24.3 Å². The van der Waals surface area contributed by atoms with E-state index in [1.54, 1.807) is 24.3 Å². The SMILES string of the molecule is CC(=O)Nc1ccc(NC(=O)N2CC(C)CC(C(=O)O)C2)cc1. The van der Waals surface area contributed by atoms with Crippen LogP contribution in [0.4, 0.5) is 16.2 Å². The summed E-state index contributed by atoms with van der Waals surface area (Å²) in [5.74, 6) is -1.40. The molecule has 1 aromatic rings. The first-order chi connectivity index (χ1) is 10.8. The largest absolute Gasteiger partial charge is 0.481 e. The van der Waals surface area contributed by atoms with Crippen molar-refractivity contribution in [1.29, 1.82) is 0 Å². The maximum Gasteiger partial charge on any atom is 0.321 e. The van der Waals surface area contributed by atoms with Crippen LogP contribution in [0, 0.1) is 11.8 Å². The highest BCUT2D eigenvalue weighted by Gasteiger charge is 2.31. The molecule has 2 atom stereocenters. The summed E-state index contributed by atoms with van der Waals surface area (Å²) in [6.07, 6.45) is 0.588. The fourth-order valence-electron chi connectivity index (χ4n) is 2.74. The molecule has 1 aliphatic heterocycles. The number of rotatable bonds is 3. The molecule has 7 nitrogen and oxygen atoms in total. The minimum Gasteiger partial charge on any atom is -0.481 e. The van der Waals surface area contributed by atoms with Gasteiger partial charge in [0.25, 0.3) is 0 Å². The van der Waals surface area contributed by atoms with Gasteiger partial charge in [-0.3, -0.25) is 9.59 Å². The highest BCUT2D eigenvalue weighted by atomic mass is 16.4. The van der Waals surface area contributed by atoms with E-state index in [0.717, 1.165) is 0 Å². The molecule has 1 aromatic carbocycles. The van der Waals surface area contributed by atoms with Crippen LogP contribution < -0.4 is 10.6 Å². The van der Waals surface area contributed by atoms with Crippen molar-refractivity contribution in [2.24, 2.45) is 11.8 Å². The number of nitrogens with one attached hydrogen (secondary N) is 2. The fourth-order valence-corrected chi connectivity index (χ4v) is 2.74. The number of carbonyl (C=O) groups excluding carboxylic acids is 2. The Kier molecular flexibility index (Phi) is 5.20. The number of benzene rings is 1. The quantitative estimate of drug-likeness (QED) is 0.795. The second-order valence-electron chi connectivity index (χ2n) is 5.97. The fraction of sp³-hybridized carbons (Fsp3) is 0.438.